The van der Waals surface area contributed by atoms with Crippen LogP contribution in [0.2, 0.25) is 0 Å². The van der Waals surface area contributed by atoms with Crippen LogP contribution >= 0.6 is 11.9 Å². The topological polar surface area (TPSA) is 47.9 Å². The molecule has 1 aromatic rings. The Morgan fingerprint density at radius 1 is 1.40 bits per heavy atom. The molecule has 20 heavy (non-hydrogen) atoms. The highest BCUT2D eigenvalue weighted by atomic mass is 32.2. The number of ether oxygens (including phenoxy) is 2. The molecular weight excluding hydrogens is 274 g/mol. The predicted molar refractivity (Wildman–Crippen MR) is 81.3 cm³/mol. The standard InChI is InChI=1S/C15H19NO3S/c1-10(2)9-19-15(17)14-8-13(16-20-14)11-4-6-12(18-3)7-5-11/h4-7,10,14H,8-9H2,1-3H3. The minimum absolute atomic E-state index is 0.170. The van der Waals surface area contributed by atoms with Gasteiger partial charge in [0.2, 0.25) is 0 Å². The molecule has 0 fully saturated rings. The fourth-order valence-electron chi connectivity index (χ4n) is 1.80. The molecular formula is C15H19NO3S. The second-order valence-electron chi connectivity index (χ2n) is 5.09. The molecule has 5 heteroatoms. The van der Waals surface area contributed by atoms with Crippen LogP contribution in [0.15, 0.2) is 28.7 Å². The molecule has 0 N–H and O–H groups in total. The van der Waals surface area contributed by atoms with Gasteiger partial charge in [0.05, 0.1) is 19.4 Å². The predicted octanol–water partition coefficient (Wildman–Crippen LogP) is 3.10. The lowest BCUT2D eigenvalue weighted by atomic mass is 10.1. The Morgan fingerprint density at radius 2 is 2.10 bits per heavy atom. The molecule has 2 rings (SSSR count). The summed E-state index contributed by atoms with van der Waals surface area (Å²) in [4.78, 5) is 11.9. The molecule has 0 spiro atoms. The number of nitrogens with zero attached hydrogens (tertiary/aromatic N) is 1. The van der Waals surface area contributed by atoms with E-state index < -0.39 is 0 Å². The number of esters is 1. The molecule has 0 aliphatic carbocycles. The Labute approximate surface area is 123 Å². The first kappa shape index (κ1) is 14.9. The van der Waals surface area contributed by atoms with Crippen molar-refractivity contribution in [2.45, 2.75) is 25.5 Å². The van der Waals surface area contributed by atoms with Gasteiger partial charge in [-0.1, -0.05) is 13.8 Å². The van der Waals surface area contributed by atoms with Crippen LogP contribution in [-0.2, 0) is 9.53 Å². The number of hydrogen-bond donors (Lipinski definition) is 0. The molecule has 1 aliphatic rings. The second kappa shape index (κ2) is 6.79. The summed E-state index contributed by atoms with van der Waals surface area (Å²) in [5, 5.41) is -0.217. The lowest BCUT2D eigenvalue weighted by Gasteiger charge is -2.10. The average Bonchev–Trinajstić information content (AvgIpc) is 2.94. The molecule has 0 amide bonds. The summed E-state index contributed by atoms with van der Waals surface area (Å²) in [6, 6.07) is 7.71. The van der Waals surface area contributed by atoms with Gasteiger partial charge in [0.15, 0.2) is 0 Å². The Kier molecular flexibility index (Phi) is 5.06. The summed E-state index contributed by atoms with van der Waals surface area (Å²) < 4.78 is 14.8. The van der Waals surface area contributed by atoms with Gasteiger partial charge in [-0.05, 0) is 47.7 Å². The van der Waals surface area contributed by atoms with Gasteiger partial charge in [-0.2, -0.15) is 0 Å². The van der Waals surface area contributed by atoms with Crippen molar-refractivity contribution in [2.75, 3.05) is 13.7 Å². The third-order valence-electron chi connectivity index (χ3n) is 2.91. The van der Waals surface area contributed by atoms with Crippen molar-refractivity contribution < 1.29 is 14.3 Å². The van der Waals surface area contributed by atoms with E-state index in [4.69, 9.17) is 9.47 Å². The quantitative estimate of drug-likeness (QED) is 0.618. The van der Waals surface area contributed by atoms with Crippen molar-refractivity contribution in [3.63, 3.8) is 0 Å². The van der Waals surface area contributed by atoms with E-state index in [-0.39, 0.29) is 11.2 Å². The molecule has 108 valence electrons. The summed E-state index contributed by atoms with van der Waals surface area (Å²) in [6.07, 6.45) is 0.619. The Hall–Kier alpha value is -1.49. The van der Waals surface area contributed by atoms with E-state index in [1.165, 1.54) is 11.9 Å². The highest BCUT2D eigenvalue weighted by Gasteiger charge is 2.29. The Bertz CT molecular complexity index is 496. The van der Waals surface area contributed by atoms with E-state index >= 15 is 0 Å². The summed E-state index contributed by atoms with van der Waals surface area (Å²) in [5.74, 6) is 0.996. The van der Waals surface area contributed by atoms with E-state index in [1.807, 2.05) is 38.1 Å². The molecule has 1 atom stereocenters. The first-order valence-corrected chi connectivity index (χ1v) is 7.47. The van der Waals surface area contributed by atoms with Crippen LogP contribution in [0.3, 0.4) is 0 Å². The van der Waals surface area contributed by atoms with Crippen molar-refractivity contribution in [1.82, 2.24) is 0 Å². The molecule has 1 aromatic carbocycles. The largest absolute Gasteiger partial charge is 0.497 e. The fraction of sp³-hybridized carbons (Fsp3) is 0.467. The van der Waals surface area contributed by atoms with E-state index in [0.717, 1.165) is 17.0 Å². The number of benzene rings is 1. The zero-order valence-electron chi connectivity index (χ0n) is 12.0. The maximum atomic E-state index is 11.9. The molecule has 0 saturated carbocycles. The molecule has 1 aliphatic heterocycles. The molecule has 4 nitrogen and oxygen atoms in total. The van der Waals surface area contributed by atoms with Crippen LogP contribution in [0.1, 0.15) is 25.8 Å². The van der Waals surface area contributed by atoms with Crippen molar-refractivity contribution in [3.05, 3.63) is 29.8 Å². The lowest BCUT2D eigenvalue weighted by molar-refractivity contribution is -0.143. The van der Waals surface area contributed by atoms with Crippen molar-refractivity contribution in [2.24, 2.45) is 10.3 Å². The van der Waals surface area contributed by atoms with Gasteiger partial charge in [-0.3, -0.25) is 4.79 Å². The number of rotatable bonds is 5. The molecule has 1 heterocycles. The van der Waals surface area contributed by atoms with E-state index in [1.54, 1.807) is 7.11 Å². The SMILES string of the molecule is COc1ccc(C2=NSC(C(=O)OCC(C)C)C2)cc1. The normalized spacial score (nSPS) is 18.0. The van der Waals surface area contributed by atoms with Crippen molar-refractivity contribution >= 4 is 23.6 Å². The number of methoxy groups -OCH3 is 1. The van der Waals surface area contributed by atoms with Gasteiger partial charge >= 0.3 is 5.97 Å². The highest BCUT2D eigenvalue weighted by Crippen LogP contribution is 2.29. The number of hydrogen-bond acceptors (Lipinski definition) is 5. The molecule has 0 aromatic heterocycles. The van der Waals surface area contributed by atoms with Gasteiger partial charge in [0.1, 0.15) is 11.0 Å². The van der Waals surface area contributed by atoms with Gasteiger partial charge in [0, 0.05) is 6.42 Å². The average molecular weight is 293 g/mol. The van der Waals surface area contributed by atoms with E-state index in [2.05, 4.69) is 4.40 Å². The number of carbonyl (C=O) groups excluding carboxylic acids is 1. The Balaban J connectivity index is 1.92. The maximum Gasteiger partial charge on any atom is 0.321 e. The van der Waals surface area contributed by atoms with Crippen LogP contribution in [-0.4, -0.2) is 30.6 Å². The summed E-state index contributed by atoms with van der Waals surface area (Å²) in [5.41, 5.74) is 1.96. The first-order chi connectivity index (χ1) is 9.60. The summed E-state index contributed by atoms with van der Waals surface area (Å²) in [7, 11) is 1.64. The van der Waals surface area contributed by atoms with Crippen LogP contribution < -0.4 is 4.74 Å². The van der Waals surface area contributed by atoms with Crippen molar-refractivity contribution in [1.29, 1.82) is 0 Å². The van der Waals surface area contributed by atoms with Crippen LogP contribution in [0.4, 0.5) is 0 Å². The first-order valence-electron chi connectivity index (χ1n) is 6.64. The van der Waals surface area contributed by atoms with Crippen LogP contribution in [0.5, 0.6) is 5.75 Å². The van der Waals surface area contributed by atoms with Gasteiger partial charge in [0.25, 0.3) is 0 Å². The fourth-order valence-corrected chi connectivity index (χ4v) is 2.62. The minimum Gasteiger partial charge on any atom is -0.497 e. The zero-order valence-corrected chi connectivity index (χ0v) is 12.8. The molecule has 0 radical (unpaired) electrons. The maximum absolute atomic E-state index is 11.9. The highest BCUT2D eigenvalue weighted by molar-refractivity contribution is 7.99. The van der Waals surface area contributed by atoms with E-state index in [0.29, 0.717) is 18.9 Å². The third kappa shape index (κ3) is 3.76. The van der Waals surface area contributed by atoms with Gasteiger partial charge in [-0.15, -0.1) is 0 Å². The zero-order chi connectivity index (χ0) is 14.5. The number of carbonyl (C=O) groups is 1. The van der Waals surface area contributed by atoms with Crippen molar-refractivity contribution in [3.8, 4) is 5.75 Å². The van der Waals surface area contributed by atoms with E-state index in [9.17, 15) is 4.79 Å². The van der Waals surface area contributed by atoms with Crippen LogP contribution in [0.25, 0.3) is 0 Å². The lowest BCUT2D eigenvalue weighted by Crippen LogP contribution is -2.21. The van der Waals surface area contributed by atoms with Crippen LogP contribution in [0, 0.1) is 5.92 Å². The third-order valence-corrected chi connectivity index (χ3v) is 3.85. The summed E-state index contributed by atoms with van der Waals surface area (Å²) >= 11 is 1.30. The second-order valence-corrected chi connectivity index (χ2v) is 6.05. The smallest absolute Gasteiger partial charge is 0.321 e. The monoisotopic (exact) mass is 293 g/mol. The molecule has 1 unspecified atom stereocenters. The molecule has 0 saturated heterocycles. The summed E-state index contributed by atoms with van der Waals surface area (Å²) in [6.45, 7) is 4.51. The van der Waals surface area contributed by atoms with Gasteiger partial charge in [-0.25, -0.2) is 4.40 Å². The van der Waals surface area contributed by atoms with Gasteiger partial charge < -0.3 is 9.47 Å². The Morgan fingerprint density at radius 3 is 2.70 bits per heavy atom. The molecule has 0 bridgehead atoms. The minimum atomic E-state index is -0.217.